The number of nitrogens with one attached hydrogen (secondary N) is 1. The average molecular weight is 438 g/mol. The van der Waals surface area contributed by atoms with Crippen LogP contribution in [0.15, 0.2) is 36.4 Å². The molecule has 4 rings (SSSR count). The second-order valence-corrected chi connectivity index (χ2v) is 8.71. The Labute approximate surface area is 186 Å². The molecule has 0 bridgehead atoms. The highest BCUT2D eigenvalue weighted by molar-refractivity contribution is 6.01. The van der Waals surface area contributed by atoms with Gasteiger partial charge in [-0.3, -0.25) is 14.4 Å². The number of hydrogen-bond acceptors (Lipinski definition) is 4. The summed E-state index contributed by atoms with van der Waals surface area (Å²) in [5.74, 6) is 0.00863. The zero-order valence-electron chi connectivity index (χ0n) is 18.4. The number of aryl methyl sites for hydroxylation is 1. The Morgan fingerprint density at radius 2 is 1.75 bits per heavy atom. The molecule has 1 N–H and O–H groups in total. The number of hydrogen-bond donors (Lipinski definition) is 1. The van der Waals surface area contributed by atoms with Crippen LogP contribution < -0.4 is 10.1 Å². The first kappa shape index (κ1) is 22.0. The van der Waals surface area contributed by atoms with Crippen molar-refractivity contribution in [3.8, 4) is 5.75 Å². The van der Waals surface area contributed by atoms with Crippen molar-refractivity contribution < 1.29 is 23.5 Å². The zero-order chi connectivity index (χ0) is 22.9. The van der Waals surface area contributed by atoms with Crippen LogP contribution in [0.1, 0.15) is 53.6 Å². The summed E-state index contributed by atoms with van der Waals surface area (Å²) in [7, 11) is 0. The lowest BCUT2D eigenvalue weighted by atomic mass is 9.81. The number of likely N-dealkylation sites (tertiary alicyclic amines) is 1. The molecule has 168 valence electrons. The Bertz CT molecular complexity index is 1060. The molecule has 32 heavy (non-hydrogen) atoms. The predicted octanol–water partition coefficient (Wildman–Crippen LogP) is 4.19. The molecule has 1 saturated heterocycles. The van der Waals surface area contributed by atoms with Crippen LogP contribution >= 0.6 is 0 Å². The third-order valence-electron chi connectivity index (χ3n) is 6.50. The van der Waals surface area contributed by atoms with Crippen molar-refractivity contribution in [2.45, 2.75) is 51.6 Å². The van der Waals surface area contributed by atoms with Crippen LogP contribution in [0.25, 0.3) is 0 Å². The number of carbonyl (C=O) groups is 3. The van der Waals surface area contributed by atoms with Gasteiger partial charge in [-0.1, -0.05) is 6.07 Å². The van der Waals surface area contributed by atoms with E-state index in [0.717, 1.165) is 11.1 Å². The Balaban J connectivity index is 1.31. The van der Waals surface area contributed by atoms with E-state index in [1.165, 1.54) is 24.3 Å². The van der Waals surface area contributed by atoms with E-state index in [2.05, 4.69) is 5.32 Å². The molecular weight excluding hydrogens is 411 g/mol. The minimum absolute atomic E-state index is 0.0543. The smallest absolute Gasteiger partial charge is 0.224 e. The molecule has 0 aliphatic carbocycles. The SMILES string of the molecule is Cc1ccc2c(c1C)OC1(CCN(C(=O)CCC(=O)Nc3ccc(F)cc3)CC1)CC2=O. The molecule has 2 aliphatic heterocycles. The summed E-state index contributed by atoms with van der Waals surface area (Å²) in [5.41, 5.74) is 2.64. The molecule has 0 atom stereocenters. The first-order valence-electron chi connectivity index (χ1n) is 10.9. The third kappa shape index (κ3) is 4.52. The van der Waals surface area contributed by atoms with Crippen molar-refractivity contribution in [1.29, 1.82) is 0 Å². The molecule has 0 unspecified atom stereocenters. The molecule has 1 spiro atoms. The van der Waals surface area contributed by atoms with E-state index < -0.39 is 5.60 Å². The highest BCUT2D eigenvalue weighted by atomic mass is 19.1. The molecule has 0 saturated carbocycles. The zero-order valence-corrected chi connectivity index (χ0v) is 18.4. The number of Topliss-reactive ketones (excluding diaryl/α,β-unsaturated/α-hetero) is 1. The van der Waals surface area contributed by atoms with E-state index in [9.17, 15) is 18.8 Å². The van der Waals surface area contributed by atoms with Gasteiger partial charge >= 0.3 is 0 Å². The number of piperidine rings is 1. The fourth-order valence-electron chi connectivity index (χ4n) is 4.36. The summed E-state index contributed by atoms with van der Waals surface area (Å²) >= 11 is 0. The topological polar surface area (TPSA) is 75.7 Å². The van der Waals surface area contributed by atoms with Gasteiger partial charge in [-0.15, -0.1) is 0 Å². The van der Waals surface area contributed by atoms with Gasteiger partial charge in [-0.05, 0) is 55.3 Å². The van der Waals surface area contributed by atoms with E-state index in [4.69, 9.17) is 4.74 Å². The Kier molecular flexibility index (Phi) is 6.00. The van der Waals surface area contributed by atoms with Gasteiger partial charge in [-0.25, -0.2) is 4.39 Å². The van der Waals surface area contributed by atoms with Crippen molar-refractivity contribution in [2.24, 2.45) is 0 Å². The number of anilines is 1. The average Bonchev–Trinajstić information content (AvgIpc) is 2.77. The van der Waals surface area contributed by atoms with Crippen LogP contribution in [0.3, 0.4) is 0 Å². The molecule has 2 heterocycles. The second kappa shape index (κ2) is 8.73. The summed E-state index contributed by atoms with van der Waals surface area (Å²) in [4.78, 5) is 39.2. The number of carbonyl (C=O) groups excluding carboxylic acids is 3. The highest BCUT2D eigenvalue weighted by Crippen LogP contribution is 2.41. The number of nitrogens with zero attached hydrogens (tertiary/aromatic N) is 1. The molecule has 2 aromatic rings. The van der Waals surface area contributed by atoms with E-state index in [-0.39, 0.29) is 36.3 Å². The maximum atomic E-state index is 13.0. The van der Waals surface area contributed by atoms with Gasteiger partial charge < -0.3 is 15.0 Å². The van der Waals surface area contributed by atoms with Gasteiger partial charge in [0.15, 0.2) is 5.78 Å². The first-order chi connectivity index (χ1) is 15.3. The van der Waals surface area contributed by atoms with Crippen molar-refractivity contribution in [3.63, 3.8) is 0 Å². The van der Waals surface area contributed by atoms with Crippen LogP contribution in [0.2, 0.25) is 0 Å². The lowest BCUT2D eigenvalue weighted by Crippen LogP contribution is -2.52. The second-order valence-electron chi connectivity index (χ2n) is 8.71. The number of ketones is 1. The van der Waals surface area contributed by atoms with E-state index >= 15 is 0 Å². The summed E-state index contributed by atoms with van der Waals surface area (Å²) in [6.07, 6.45) is 1.64. The Morgan fingerprint density at radius 1 is 1.06 bits per heavy atom. The fraction of sp³-hybridized carbons (Fsp3) is 0.400. The normalized spacial score (nSPS) is 17.0. The van der Waals surface area contributed by atoms with Gasteiger partial charge in [0.1, 0.15) is 17.2 Å². The standard InChI is InChI=1S/C25H27FN2O4/c1-16-3-8-20-21(29)15-25(32-24(20)17(16)2)11-13-28(14-12-25)23(31)10-9-22(30)27-19-6-4-18(26)5-7-19/h3-8H,9-15H2,1-2H3,(H,27,30). The number of benzene rings is 2. The number of halogens is 1. The molecule has 1 fully saturated rings. The predicted molar refractivity (Wildman–Crippen MR) is 118 cm³/mol. The van der Waals surface area contributed by atoms with Crippen LogP contribution in [0.4, 0.5) is 10.1 Å². The van der Waals surface area contributed by atoms with Crippen LogP contribution in [-0.2, 0) is 9.59 Å². The molecule has 2 aromatic carbocycles. The molecule has 6 nitrogen and oxygen atoms in total. The lowest BCUT2D eigenvalue weighted by molar-refractivity contribution is -0.136. The van der Waals surface area contributed by atoms with Gasteiger partial charge in [0.2, 0.25) is 11.8 Å². The number of ether oxygens (including phenoxy) is 1. The summed E-state index contributed by atoms with van der Waals surface area (Å²) in [6.45, 7) is 4.95. The van der Waals surface area contributed by atoms with Gasteiger partial charge in [0.05, 0.1) is 12.0 Å². The van der Waals surface area contributed by atoms with Crippen molar-refractivity contribution >= 4 is 23.3 Å². The minimum Gasteiger partial charge on any atom is -0.486 e. The largest absolute Gasteiger partial charge is 0.486 e. The number of fused-ring (bicyclic) bond motifs is 1. The quantitative estimate of drug-likeness (QED) is 0.777. The number of amides is 2. The molecule has 2 aliphatic rings. The maximum Gasteiger partial charge on any atom is 0.224 e. The minimum atomic E-state index is -0.570. The summed E-state index contributed by atoms with van der Waals surface area (Å²) in [6, 6.07) is 9.27. The van der Waals surface area contributed by atoms with Crippen molar-refractivity contribution in [3.05, 3.63) is 58.9 Å². The maximum absolute atomic E-state index is 13.0. The molecule has 7 heteroatoms. The van der Waals surface area contributed by atoms with Gasteiger partial charge in [0.25, 0.3) is 0 Å². The molecule has 0 radical (unpaired) electrons. The van der Waals surface area contributed by atoms with E-state index in [1.54, 1.807) is 4.90 Å². The summed E-state index contributed by atoms with van der Waals surface area (Å²) in [5, 5.41) is 2.66. The Morgan fingerprint density at radius 3 is 2.44 bits per heavy atom. The molecule has 0 aromatic heterocycles. The summed E-state index contributed by atoms with van der Waals surface area (Å²) < 4.78 is 19.4. The van der Waals surface area contributed by atoms with Gasteiger partial charge in [-0.2, -0.15) is 0 Å². The van der Waals surface area contributed by atoms with Gasteiger partial charge in [0, 0.05) is 44.5 Å². The molecule has 2 amide bonds. The number of rotatable bonds is 4. The van der Waals surface area contributed by atoms with E-state index in [0.29, 0.717) is 49.4 Å². The fourth-order valence-corrected chi connectivity index (χ4v) is 4.36. The third-order valence-corrected chi connectivity index (χ3v) is 6.50. The van der Waals surface area contributed by atoms with Crippen LogP contribution in [0.5, 0.6) is 5.75 Å². The van der Waals surface area contributed by atoms with Crippen LogP contribution in [0, 0.1) is 19.7 Å². The van der Waals surface area contributed by atoms with E-state index in [1.807, 2.05) is 26.0 Å². The highest BCUT2D eigenvalue weighted by Gasteiger charge is 2.44. The van der Waals surface area contributed by atoms with Crippen LogP contribution in [-0.4, -0.2) is 41.2 Å². The first-order valence-corrected chi connectivity index (χ1v) is 10.9. The monoisotopic (exact) mass is 438 g/mol. The lowest BCUT2D eigenvalue weighted by Gasteiger charge is -2.44. The van der Waals surface area contributed by atoms with Crippen molar-refractivity contribution in [1.82, 2.24) is 4.90 Å². The molecular formula is C25H27FN2O4. The Hall–Kier alpha value is -3.22. The van der Waals surface area contributed by atoms with Crippen molar-refractivity contribution in [2.75, 3.05) is 18.4 Å².